The Hall–Kier alpha value is -1.09. The lowest BCUT2D eigenvalue weighted by molar-refractivity contribution is 0.278. The minimum Gasteiger partial charge on any atom is -0.331 e. The molecule has 0 saturated heterocycles. The predicted octanol–water partition coefficient (Wildman–Crippen LogP) is 3.81. The molecule has 0 atom stereocenters. The van der Waals surface area contributed by atoms with Gasteiger partial charge in [-0.1, -0.05) is 12.5 Å². The van der Waals surface area contributed by atoms with E-state index in [9.17, 15) is 0 Å². The lowest BCUT2D eigenvalue weighted by Gasteiger charge is -2.25. The zero-order valence-corrected chi connectivity index (χ0v) is 10.3. The van der Waals surface area contributed by atoms with E-state index in [1.165, 1.54) is 35.9 Å². The number of nitrogens with one attached hydrogen (secondary N) is 1. The second-order valence-electron chi connectivity index (χ2n) is 4.86. The molecule has 2 nitrogen and oxygen atoms in total. The second kappa shape index (κ2) is 3.74. The van der Waals surface area contributed by atoms with Gasteiger partial charge in [0.1, 0.15) is 0 Å². The molecule has 1 N–H and O–H groups in total. The van der Waals surface area contributed by atoms with Gasteiger partial charge in [0.2, 0.25) is 0 Å². The topological polar surface area (TPSA) is 20.7 Å². The summed E-state index contributed by atoms with van der Waals surface area (Å²) in [6.07, 6.45) is 4.11. The fourth-order valence-electron chi connectivity index (χ4n) is 2.39. The van der Waals surface area contributed by atoms with Crippen molar-refractivity contribution in [2.45, 2.75) is 32.7 Å². The molecule has 1 saturated carbocycles. The van der Waals surface area contributed by atoms with Crippen molar-refractivity contribution < 1.29 is 0 Å². The van der Waals surface area contributed by atoms with Crippen molar-refractivity contribution in [3.63, 3.8) is 0 Å². The molecule has 1 aliphatic carbocycles. The predicted molar refractivity (Wildman–Crippen MR) is 69.2 cm³/mol. The normalized spacial score (nSPS) is 16.6. The first-order valence-electron chi connectivity index (χ1n) is 5.93. The Labute approximate surface area is 100 Å². The highest BCUT2D eigenvalue weighted by Crippen LogP contribution is 2.29. The third-order valence-electron chi connectivity index (χ3n) is 3.60. The van der Waals surface area contributed by atoms with Crippen molar-refractivity contribution in [1.29, 1.82) is 0 Å². The van der Waals surface area contributed by atoms with Crippen LogP contribution in [-0.4, -0.2) is 9.55 Å². The molecule has 1 fully saturated rings. The molecule has 0 radical (unpaired) electrons. The van der Waals surface area contributed by atoms with Crippen LogP contribution < -0.4 is 0 Å². The Kier molecular flexibility index (Phi) is 2.36. The van der Waals surface area contributed by atoms with Crippen molar-refractivity contribution >= 4 is 23.3 Å². The van der Waals surface area contributed by atoms with Crippen molar-refractivity contribution in [1.82, 2.24) is 9.55 Å². The highest BCUT2D eigenvalue weighted by Gasteiger charge is 2.19. The molecule has 0 aliphatic heterocycles. The van der Waals surface area contributed by atoms with E-state index in [0.29, 0.717) is 0 Å². The standard InChI is InChI=1S/C13H16N2S/c1-9-5-6-12-11(7-9)14-13(16)15(12)8-10-3-2-4-10/h5-7,10H,2-4,8H2,1H3,(H,14,16). The average Bonchev–Trinajstić information content (AvgIpc) is 2.47. The maximum absolute atomic E-state index is 5.39. The number of aromatic nitrogens is 2. The number of aryl methyl sites for hydroxylation is 1. The third kappa shape index (κ3) is 1.59. The molecule has 84 valence electrons. The van der Waals surface area contributed by atoms with Crippen molar-refractivity contribution in [2.75, 3.05) is 0 Å². The Morgan fingerprint density at radius 1 is 1.44 bits per heavy atom. The first-order chi connectivity index (χ1) is 7.74. The van der Waals surface area contributed by atoms with Gasteiger partial charge in [0.05, 0.1) is 11.0 Å². The van der Waals surface area contributed by atoms with Crippen LogP contribution in [0, 0.1) is 17.6 Å². The van der Waals surface area contributed by atoms with Crippen LogP contribution in [0.5, 0.6) is 0 Å². The van der Waals surface area contributed by atoms with Gasteiger partial charge >= 0.3 is 0 Å². The maximum Gasteiger partial charge on any atom is 0.178 e. The fraction of sp³-hybridized carbons (Fsp3) is 0.462. The molecular weight excluding hydrogens is 216 g/mol. The second-order valence-corrected chi connectivity index (χ2v) is 5.24. The van der Waals surface area contributed by atoms with Gasteiger partial charge in [0.15, 0.2) is 4.77 Å². The van der Waals surface area contributed by atoms with Crippen LogP contribution in [0.1, 0.15) is 24.8 Å². The first-order valence-corrected chi connectivity index (χ1v) is 6.34. The van der Waals surface area contributed by atoms with E-state index in [0.717, 1.165) is 17.2 Å². The van der Waals surface area contributed by atoms with Crippen LogP contribution in [0.3, 0.4) is 0 Å². The highest BCUT2D eigenvalue weighted by atomic mass is 32.1. The molecular formula is C13H16N2S. The molecule has 0 spiro atoms. The molecule has 0 bridgehead atoms. The van der Waals surface area contributed by atoms with Gasteiger partial charge in [-0.3, -0.25) is 0 Å². The molecule has 1 aromatic carbocycles. The Morgan fingerprint density at radius 2 is 2.25 bits per heavy atom. The maximum atomic E-state index is 5.39. The molecule has 1 heterocycles. The minimum atomic E-state index is 0.840. The number of fused-ring (bicyclic) bond motifs is 1. The number of aromatic amines is 1. The first kappa shape index (κ1) is 10.1. The van der Waals surface area contributed by atoms with Crippen LogP contribution in [0.4, 0.5) is 0 Å². The van der Waals surface area contributed by atoms with E-state index >= 15 is 0 Å². The number of benzene rings is 1. The Balaban J connectivity index is 2.08. The molecule has 1 aliphatic rings. The summed E-state index contributed by atoms with van der Waals surface area (Å²) in [6, 6.07) is 6.50. The zero-order chi connectivity index (χ0) is 11.1. The van der Waals surface area contributed by atoms with Crippen LogP contribution in [0.25, 0.3) is 11.0 Å². The van der Waals surface area contributed by atoms with Crippen molar-refractivity contribution in [2.24, 2.45) is 5.92 Å². The summed E-state index contributed by atoms with van der Waals surface area (Å²) in [5.74, 6) is 0.840. The lowest BCUT2D eigenvalue weighted by atomic mass is 9.85. The summed E-state index contributed by atoms with van der Waals surface area (Å²) in [5, 5.41) is 0. The summed E-state index contributed by atoms with van der Waals surface area (Å²) >= 11 is 5.39. The molecule has 3 rings (SSSR count). The van der Waals surface area contributed by atoms with E-state index in [4.69, 9.17) is 12.2 Å². The number of hydrogen-bond donors (Lipinski definition) is 1. The molecule has 0 unspecified atom stereocenters. The van der Waals surface area contributed by atoms with E-state index in [2.05, 4.69) is 34.7 Å². The smallest absolute Gasteiger partial charge is 0.178 e. The number of nitrogens with zero attached hydrogens (tertiary/aromatic N) is 1. The number of imidazole rings is 1. The van der Waals surface area contributed by atoms with Gasteiger partial charge in [-0.05, 0) is 55.6 Å². The molecule has 1 aromatic heterocycles. The van der Waals surface area contributed by atoms with Gasteiger partial charge < -0.3 is 9.55 Å². The van der Waals surface area contributed by atoms with Crippen LogP contribution in [0.2, 0.25) is 0 Å². The number of rotatable bonds is 2. The molecule has 0 amide bonds. The molecule has 2 aromatic rings. The third-order valence-corrected chi connectivity index (χ3v) is 3.92. The number of hydrogen-bond acceptors (Lipinski definition) is 1. The summed E-state index contributed by atoms with van der Waals surface area (Å²) in [7, 11) is 0. The SMILES string of the molecule is Cc1ccc2c(c1)[nH]c(=S)n2CC1CCC1. The largest absolute Gasteiger partial charge is 0.331 e. The van der Waals surface area contributed by atoms with Crippen LogP contribution in [-0.2, 0) is 6.54 Å². The fourth-order valence-corrected chi connectivity index (χ4v) is 2.68. The summed E-state index contributed by atoms with van der Waals surface area (Å²) in [6.45, 7) is 3.20. The van der Waals surface area contributed by atoms with Crippen molar-refractivity contribution in [3.05, 3.63) is 28.5 Å². The Bertz CT molecular complexity index is 575. The van der Waals surface area contributed by atoms with Gasteiger partial charge in [0, 0.05) is 6.54 Å². The number of H-pyrrole nitrogens is 1. The van der Waals surface area contributed by atoms with E-state index < -0.39 is 0 Å². The average molecular weight is 232 g/mol. The Morgan fingerprint density at radius 3 is 2.94 bits per heavy atom. The van der Waals surface area contributed by atoms with Crippen LogP contribution in [0.15, 0.2) is 18.2 Å². The van der Waals surface area contributed by atoms with Gasteiger partial charge in [-0.25, -0.2) is 0 Å². The quantitative estimate of drug-likeness (QED) is 0.781. The lowest BCUT2D eigenvalue weighted by Crippen LogP contribution is -2.17. The van der Waals surface area contributed by atoms with E-state index in [-0.39, 0.29) is 0 Å². The molecule has 3 heteroatoms. The van der Waals surface area contributed by atoms with Gasteiger partial charge in [-0.2, -0.15) is 0 Å². The van der Waals surface area contributed by atoms with E-state index in [1.54, 1.807) is 0 Å². The summed E-state index contributed by atoms with van der Waals surface area (Å²) in [5.41, 5.74) is 3.70. The summed E-state index contributed by atoms with van der Waals surface area (Å²) in [4.78, 5) is 3.30. The summed E-state index contributed by atoms with van der Waals surface area (Å²) < 4.78 is 3.13. The minimum absolute atomic E-state index is 0.840. The highest BCUT2D eigenvalue weighted by molar-refractivity contribution is 7.71. The van der Waals surface area contributed by atoms with Gasteiger partial charge in [-0.15, -0.1) is 0 Å². The zero-order valence-electron chi connectivity index (χ0n) is 9.49. The van der Waals surface area contributed by atoms with Crippen molar-refractivity contribution in [3.8, 4) is 0 Å². The van der Waals surface area contributed by atoms with Crippen LogP contribution >= 0.6 is 12.2 Å². The molecule has 16 heavy (non-hydrogen) atoms. The monoisotopic (exact) mass is 232 g/mol. The van der Waals surface area contributed by atoms with Gasteiger partial charge in [0.25, 0.3) is 0 Å². The van der Waals surface area contributed by atoms with E-state index in [1.807, 2.05) is 0 Å².